The molecule has 2 rings (SSSR count). The number of allylic oxidation sites excluding steroid dienone is 1. The van der Waals surface area contributed by atoms with Crippen molar-refractivity contribution >= 4 is 11.5 Å². The molecule has 0 unspecified atom stereocenters. The topological polar surface area (TPSA) is 54.9 Å². The molecule has 1 N–H and O–H groups in total. The zero-order valence-corrected chi connectivity index (χ0v) is 13.2. The smallest absolute Gasteiger partial charge is 0.347 e. The molecule has 0 bridgehead atoms. The number of carbonyl (C=O) groups is 1. The van der Waals surface area contributed by atoms with Crippen molar-refractivity contribution in [1.29, 1.82) is 0 Å². The molecule has 7 heteroatoms. The van der Waals surface area contributed by atoms with E-state index in [9.17, 15) is 18.0 Å². The van der Waals surface area contributed by atoms with Gasteiger partial charge in [-0.25, -0.2) is 9.97 Å². The molecule has 1 heterocycles. The maximum absolute atomic E-state index is 12.5. The summed E-state index contributed by atoms with van der Waals surface area (Å²) in [7, 11) is 0. The second-order valence-electron chi connectivity index (χ2n) is 5.22. The highest BCUT2D eigenvalue weighted by molar-refractivity contribution is 5.94. The van der Waals surface area contributed by atoms with E-state index < -0.39 is 11.7 Å². The molecule has 1 aromatic heterocycles. The minimum Gasteiger partial charge on any atom is -0.347 e. The van der Waals surface area contributed by atoms with Crippen molar-refractivity contribution in [1.82, 2.24) is 15.3 Å². The predicted molar refractivity (Wildman–Crippen MR) is 83.7 cm³/mol. The lowest BCUT2D eigenvalue weighted by Gasteiger charge is -2.08. The lowest BCUT2D eigenvalue weighted by Crippen LogP contribution is -2.21. The average Bonchev–Trinajstić information content (AvgIpc) is 2.52. The van der Waals surface area contributed by atoms with E-state index in [-0.39, 0.29) is 12.5 Å². The Labute approximate surface area is 137 Å². The maximum atomic E-state index is 12.5. The van der Waals surface area contributed by atoms with Gasteiger partial charge >= 0.3 is 6.18 Å². The number of nitrogens with one attached hydrogen (secondary N) is 1. The summed E-state index contributed by atoms with van der Waals surface area (Å²) in [5, 5.41) is 2.68. The lowest BCUT2D eigenvalue weighted by molar-refractivity contribution is -0.137. The number of nitrogens with zero attached hydrogens (tertiary/aromatic N) is 2. The van der Waals surface area contributed by atoms with E-state index in [4.69, 9.17) is 0 Å². The fourth-order valence-electron chi connectivity index (χ4n) is 2.03. The minimum atomic E-state index is -4.37. The third-order valence-corrected chi connectivity index (χ3v) is 3.29. The van der Waals surface area contributed by atoms with Gasteiger partial charge in [-0.3, -0.25) is 4.79 Å². The first kappa shape index (κ1) is 17.7. The van der Waals surface area contributed by atoms with Gasteiger partial charge in [0.1, 0.15) is 5.82 Å². The van der Waals surface area contributed by atoms with Crippen LogP contribution >= 0.6 is 0 Å². The lowest BCUT2D eigenvalue weighted by atomic mass is 10.0. The van der Waals surface area contributed by atoms with Gasteiger partial charge in [-0.05, 0) is 43.2 Å². The van der Waals surface area contributed by atoms with Crippen LogP contribution in [0.4, 0.5) is 13.2 Å². The predicted octanol–water partition coefficient (Wildman–Crippen LogP) is 3.52. The second-order valence-corrected chi connectivity index (χ2v) is 5.22. The molecule has 0 atom stereocenters. The van der Waals surface area contributed by atoms with E-state index >= 15 is 0 Å². The van der Waals surface area contributed by atoms with E-state index in [1.807, 2.05) is 0 Å². The van der Waals surface area contributed by atoms with E-state index in [2.05, 4.69) is 15.3 Å². The molecule has 126 valence electrons. The van der Waals surface area contributed by atoms with Gasteiger partial charge in [-0.1, -0.05) is 12.1 Å². The summed E-state index contributed by atoms with van der Waals surface area (Å²) >= 11 is 0. The number of hydrogen-bond acceptors (Lipinski definition) is 3. The second kappa shape index (κ2) is 7.25. The van der Waals surface area contributed by atoms with Crippen molar-refractivity contribution in [3.05, 3.63) is 65.2 Å². The Bertz CT molecular complexity index is 752. The van der Waals surface area contributed by atoms with Gasteiger partial charge < -0.3 is 5.32 Å². The molecular weight excluding hydrogens is 319 g/mol. The Hall–Kier alpha value is -2.70. The molecule has 0 aliphatic carbocycles. The number of hydrogen-bond donors (Lipinski definition) is 1. The molecular formula is C17H16F3N3O. The fraction of sp³-hybridized carbons (Fsp3) is 0.235. The normalized spacial score (nSPS) is 12.1. The molecule has 1 amide bonds. The van der Waals surface area contributed by atoms with Crippen LogP contribution in [0.1, 0.15) is 29.6 Å². The number of rotatable bonds is 4. The summed E-state index contributed by atoms with van der Waals surface area (Å²) in [4.78, 5) is 20.0. The molecule has 0 saturated heterocycles. The quantitative estimate of drug-likeness (QED) is 0.870. The molecule has 0 radical (unpaired) electrons. The Kier molecular flexibility index (Phi) is 5.33. The standard InChI is InChI=1S/C17H16F3N3O/c1-11(13-3-5-14(6-4-13)17(18,19)20)9-16(24)22-10-15-7-8-21-12(2)23-15/h3-9H,10H2,1-2H3,(H,22,24)/b11-9+. The Morgan fingerprint density at radius 3 is 2.46 bits per heavy atom. The van der Waals surface area contributed by atoms with Crippen LogP contribution in [0.5, 0.6) is 0 Å². The number of aryl methyl sites for hydroxylation is 1. The third kappa shape index (κ3) is 4.91. The molecule has 4 nitrogen and oxygen atoms in total. The molecule has 0 fully saturated rings. The van der Waals surface area contributed by atoms with Crippen LogP contribution < -0.4 is 5.32 Å². The van der Waals surface area contributed by atoms with E-state index in [0.717, 1.165) is 12.1 Å². The van der Waals surface area contributed by atoms with Crippen molar-refractivity contribution in [2.75, 3.05) is 0 Å². The zero-order chi connectivity index (χ0) is 17.7. The Morgan fingerprint density at radius 2 is 1.88 bits per heavy atom. The first-order valence-electron chi connectivity index (χ1n) is 7.18. The van der Waals surface area contributed by atoms with Crippen molar-refractivity contribution in [2.24, 2.45) is 0 Å². The highest BCUT2D eigenvalue weighted by Crippen LogP contribution is 2.29. The highest BCUT2D eigenvalue weighted by Gasteiger charge is 2.29. The van der Waals surface area contributed by atoms with Crippen LogP contribution in [0.2, 0.25) is 0 Å². The molecule has 0 saturated carbocycles. The van der Waals surface area contributed by atoms with E-state index in [0.29, 0.717) is 22.7 Å². The van der Waals surface area contributed by atoms with Crippen LogP contribution in [0, 0.1) is 6.92 Å². The fourth-order valence-corrected chi connectivity index (χ4v) is 2.03. The van der Waals surface area contributed by atoms with Gasteiger partial charge in [-0.2, -0.15) is 13.2 Å². The van der Waals surface area contributed by atoms with Crippen LogP contribution in [0.3, 0.4) is 0 Å². The number of amides is 1. The molecule has 0 aliphatic heterocycles. The van der Waals surface area contributed by atoms with Crippen molar-refractivity contribution in [2.45, 2.75) is 26.6 Å². The summed E-state index contributed by atoms with van der Waals surface area (Å²) in [5.74, 6) is 0.266. The minimum absolute atomic E-state index is 0.249. The number of aromatic nitrogens is 2. The Morgan fingerprint density at radius 1 is 1.21 bits per heavy atom. The highest BCUT2D eigenvalue weighted by atomic mass is 19.4. The maximum Gasteiger partial charge on any atom is 0.416 e. The summed E-state index contributed by atoms with van der Waals surface area (Å²) in [6.45, 7) is 3.66. The third-order valence-electron chi connectivity index (χ3n) is 3.29. The van der Waals surface area contributed by atoms with Gasteiger partial charge in [0.15, 0.2) is 0 Å². The van der Waals surface area contributed by atoms with Crippen LogP contribution in [-0.2, 0) is 17.5 Å². The summed E-state index contributed by atoms with van der Waals surface area (Å²) < 4.78 is 37.6. The summed E-state index contributed by atoms with van der Waals surface area (Å²) in [5.41, 5.74) is 1.08. The van der Waals surface area contributed by atoms with Crippen molar-refractivity contribution in [3.63, 3.8) is 0 Å². The number of carbonyl (C=O) groups excluding carboxylic acids is 1. The van der Waals surface area contributed by atoms with Gasteiger partial charge in [0.25, 0.3) is 0 Å². The zero-order valence-electron chi connectivity index (χ0n) is 13.2. The van der Waals surface area contributed by atoms with Crippen LogP contribution in [0.15, 0.2) is 42.6 Å². The largest absolute Gasteiger partial charge is 0.416 e. The molecule has 24 heavy (non-hydrogen) atoms. The first-order valence-corrected chi connectivity index (χ1v) is 7.18. The van der Waals surface area contributed by atoms with E-state index in [1.54, 1.807) is 26.1 Å². The number of halogens is 3. The molecule has 2 aromatic rings. The molecule has 0 aliphatic rings. The molecule has 0 spiro atoms. The number of benzene rings is 1. The summed E-state index contributed by atoms with van der Waals surface area (Å²) in [6.07, 6.45) is -1.42. The SMILES string of the molecule is C/C(=C\C(=O)NCc1ccnc(C)n1)c1ccc(C(F)(F)F)cc1. The van der Waals surface area contributed by atoms with Crippen molar-refractivity contribution in [3.8, 4) is 0 Å². The first-order chi connectivity index (χ1) is 11.3. The van der Waals surface area contributed by atoms with Crippen molar-refractivity contribution < 1.29 is 18.0 Å². The monoisotopic (exact) mass is 335 g/mol. The van der Waals surface area contributed by atoms with Gasteiger partial charge in [0, 0.05) is 12.3 Å². The van der Waals surface area contributed by atoms with Gasteiger partial charge in [0.2, 0.25) is 5.91 Å². The summed E-state index contributed by atoms with van der Waals surface area (Å²) in [6, 6.07) is 6.37. The van der Waals surface area contributed by atoms with Crippen LogP contribution in [-0.4, -0.2) is 15.9 Å². The number of alkyl halides is 3. The van der Waals surface area contributed by atoms with Gasteiger partial charge in [0.05, 0.1) is 17.8 Å². The Balaban J connectivity index is 2.00. The van der Waals surface area contributed by atoms with E-state index in [1.165, 1.54) is 18.2 Å². The average molecular weight is 335 g/mol. The van der Waals surface area contributed by atoms with Gasteiger partial charge in [-0.15, -0.1) is 0 Å². The van der Waals surface area contributed by atoms with Crippen LogP contribution in [0.25, 0.3) is 5.57 Å². The molecule has 1 aromatic carbocycles.